The maximum atomic E-state index is 13.5. The number of hydrogen-bond donors (Lipinski definition) is 1. The molecule has 1 N–H and O–H groups in total. The molecule has 0 radical (unpaired) electrons. The summed E-state index contributed by atoms with van der Waals surface area (Å²) >= 11 is 0. The van der Waals surface area contributed by atoms with Crippen molar-refractivity contribution in [1.29, 1.82) is 0 Å². The number of benzene rings is 11. The smallest absolute Gasteiger partial charge is 0.225 e. The highest BCUT2D eigenvalue weighted by Gasteiger charge is 2.46. The van der Waals surface area contributed by atoms with Crippen LogP contribution in [0.1, 0.15) is 96.5 Å². The van der Waals surface area contributed by atoms with Crippen molar-refractivity contribution in [3.05, 3.63) is 317 Å². The molecule has 144 heavy (non-hydrogen) atoms. The number of aryl methyl sites for hydroxylation is 1. The Morgan fingerprint density at radius 1 is 0.292 bits per heavy atom. The Kier molecular flexibility index (Phi) is 52.9. The van der Waals surface area contributed by atoms with E-state index >= 15 is 0 Å². The van der Waals surface area contributed by atoms with Crippen LogP contribution in [0.4, 0.5) is 5.69 Å². The van der Waals surface area contributed by atoms with Gasteiger partial charge in [0.25, 0.3) is 0 Å². The molecule has 0 aliphatic carbocycles. The third kappa shape index (κ3) is 38.9. The molecule has 0 bridgehead atoms. The van der Waals surface area contributed by atoms with E-state index in [1.807, 2.05) is 91.9 Å². The number of amides is 1. The summed E-state index contributed by atoms with van der Waals surface area (Å²) in [7, 11) is 2.18. The van der Waals surface area contributed by atoms with Crippen LogP contribution in [-0.2, 0) is 72.9 Å². The molecule has 0 saturated heterocycles. The number of rotatable bonds is 68. The maximum Gasteiger partial charge on any atom is 0.225 e. The minimum Gasteiger partial charge on any atom is -0.491 e. The van der Waals surface area contributed by atoms with Crippen molar-refractivity contribution < 1.29 is 94.9 Å². The molecule has 0 saturated carbocycles. The molecule has 0 spiro atoms. The van der Waals surface area contributed by atoms with Crippen LogP contribution in [0.15, 0.2) is 267 Å². The number of Topliss-reactive ketones (excluding diaryl/α,β-unsaturated/α-hetero) is 1. The molecule has 11 aromatic carbocycles. The van der Waals surface area contributed by atoms with Crippen molar-refractivity contribution in [2.24, 2.45) is 0 Å². The number of hydrogen-bond acceptors (Lipinski definition) is 22. The molecule has 11 aromatic rings. The van der Waals surface area contributed by atoms with Crippen molar-refractivity contribution in [1.82, 2.24) is 0 Å². The minimum atomic E-state index is -2.11. The van der Waals surface area contributed by atoms with Crippen LogP contribution in [0, 0.1) is 54.3 Å². The lowest BCUT2D eigenvalue weighted by Crippen LogP contribution is -2.34. The maximum absolute atomic E-state index is 13.5. The zero-order chi connectivity index (χ0) is 101. The molecule has 1 amide bonds. The van der Waals surface area contributed by atoms with E-state index in [0.717, 1.165) is 41.9 Å². The minimum absolute atomic E-state index is 0.122. The Morgan fingerprint density at radius 2 is 0.562 bits per heavy atom. The summed E-state index contributed by atoms with van der Waals surface area (Å²) in [5, 5.41) is 10.8. The van der Waals surface area contributed by atoms with E-state index in [2.05, 4.69) is 249 Å². The van der Waals surface area contributed by atoms with Crippen molar-refractivity contribution >= 4 is 85.3 Å². The summed E-state index contributed by atoms with van der Waals surface area (Å²) in [5.41, 5.74) is 6.67. The van der Waals surface area contributed by atoms with Gasteiger partial charge in [0.2, 0.25) is 5.91 Å². The number of nitrogens with one attached hydrogen (secondary N) is 1. The van der Waals surface area contributed by atoms with Gasteiger partial charge >= 0.3 is 0 Å². The van der Waals surface area contributed by atoms with Gasteiger partial charge in [-0.25, -0.2) is 0 Å². The van der Waals surface area contributed by atoms with Crippen molar-refractivity contribution in [2.45, 2.75) is 59.8 Å². The average molecular weight is 2030 g/mol. The summed E-state index contributed by atoms with van der Waals surface area (Å²) in [6, 6.07) is 91.1. The lowest BCUT2D eigenvalue weighted by Gasteiger charge is -2.27. The van der Waals surface area contributed by atoms with Gasteiger partial charge in [-0.05, 0) is 159 Å². The van der Waals surface area contributed by atoms with Gasteiger partial charge in [-0.3, -0.25) is 9.59 Å². The monoisotopic (exact) mass is 2030 g/mol. The topological polar surface area (TPSA) is 212 Å². The summed E-state index contributed by atoms with van der Waals surface area (Å²) in [5.74, 6) is 30.7. The van der Waals surface area contributed by atoms with Gasteiger partial charge in [0.1, 0.15) is 126 Å². The van der Waals surface area contributed by atoms with Crippen LogP contribution >= 0.6 is 36.1 Å². The molecule has 0 aliphatic rings. The number of methoxy groups -OCH3 is 2. The Bertz CT molecular complexity index is 5620. The van der Waals surface area contributed by atoms with Crippen LogP contribution < -0.4 is 65.6 Å². The van der Waals surface area contributed by atoms with E-state index in [-0.39, 0.29) is 64.4 Å². The SMILES string of the molecule is CC#Cc1cc(OCCOCCOCCOC)c(C#Cc2cc(OCCOCCOCC[P+](c3ccccc3)(c3ccccc3)c3ccccc3)c(C#Cc3ccc(NC(=O)CCSSCCC(=O)Cc4ccc(C#Cc5cc(OCCOCCOCCC)c(C)cc5OCCOCCOCCC)cc4)cc3)cc2OCCOCCOCC[P+](c2ccccc2)(c2ccccc2)c2ccccc2)cc1OCCOC. The fourth-order valence-corrected chi connectivity index (χ4v) is 25.6. The van der Waals surface area contributed by atoms with Gasteiger partial charge in [0, 0.05) is 99.3 Å². The quantitative estimate of drug-likeness (QED) is 0.0162. The Balaban J connectivity index is 0.759. The molecule has 0 atom stereocenters. The van der Waals surface area contributed by atoms with Crippen molar-refractivity contribution in [3.8, 4) is 81.9 Å². The van der Waals surface area contributed by atoms with Gasteiger partial charge in [0.05, 0.1) is 172 Å². The zero-order valence-corrected chi connectivity index (χ0v) is 87.4. The van der Waals surface area contributed by atoms with E-state index in [1.54, 1.807) is 42.7 Å². The second kappa shape index (κ2) is 67.4. The summed E-state index contributed by atoms with van der Waals surface area (Å²) in [6.45, 7) is 18.8. The predicted molar refractivity (Wildman–Crippen MR) is 584 cm³/mol. The zero-order valence-electron chi connectivity index (χ0n) is 83.9. The van der Waals surface area contributed by atoms with Gasteiger partial charge < -0.3 is 90.6 Å². The predicted octanol–water partition coefficient (Wildman–Crippen LogP) is 18.0. The normalized spacial score (nSPS) is 11.1. The standard InChI is InChI=1S/C119H136NO20P2S2/c1-7-28-100-92-116(138-80-74-130-67-66-127-61-59-123-5)103(94-115(100)136-77-60-124-6)51-52-104-95-117(139-81-75-131-68-70-133-83-85-141(107-29-16-10-17-30-107,108-31-18-11-19-32-108)109-33-20-12-21-34-109)102(93-118(104)140-82-76-132-69-71-134-84-86-142(110-35-22-13-23-36-110,111-37-24-14-25-38-111)112-39-26-15-27-40-112)50-46-98-47-53-105(54-48-98)120-119(122)56-88-144-143-87-55-106(121)90-99-43-41-97(42-44-99)45-49-101-91-113(135-78-72-128-64-62-125-57-8-2)96(4)89-114(101)137-79-73-129-65-63-126-58-9-3/h10-27,29-44,47-48,53-54,89,91-95H,8-9,55-88,90H2,1-6H3/q+1/p+1. The second-order valence-corrected chi connectivity index (χ2v) is 42.8. The molecular formula is C119H137NO20P2S2+2. The van der Waals surface area contributed by atoms with Crippen LogP contribution in [0.5, 0.6) is 34.5 Å². The van der Waals surface area contributed by atoms with E-state index in [4.69, 9.17) is 85.3 Å². The Labute approximate surface area is 861 Å². The van der Waals surface area contributed by atoms with E-state index in [0.29, 0.717) is 237 Å². The highest BCUT2D eigenvalue weighted by Crippen LogP contribution is 2.56. The molecular weight excluding hydrogens is 1890 g/mol. The van der Waals surface area contributed by atoms with Crippen LogP contribution in [0.3, 0.4) is 0 Å². The van der Waals surface area contributed by atoms with Crippen LogP contribution in [-0.4, -0.2) is 235 Å². The third-order valence-electron chi connectivity index (χ3n) is 22.5. The molecule has 758 valence electrons. The lowest BCUT2D eigenvalue weighted by molar-refractivity contribution is -0.118. The molecule has 0 heterocycles. The fraction of sp³-hybridized carbons (Fsp3) is 0.361. The first-order valence-corrected chi connectivity index (χ1v) is 55.8. The van der Waals surface area contributed by atoms with E-state index in [9.17, 15) is 9.59 Å². The average Bonchev–Trinajstić information content (AvgIpc) is 0.759. The molecule has 0 aliphatic heterocycles. The molecule has 0 unspecified atom stereocenters. The second-order valence-electron chi connectivity index (χ2n) is 32.9. The lowest BCUT2D eigenvalue weighted by atomic mass is 10.1. The number of anilines is 1. The summed E-state index contributed by atoms with van der Waals surface area (Å²) in [6.07, 6.45) is 4.47. The molecule has 21 nitrogen and oxygen atoms in total. The first-order valence-electron chi connectivity index (χ1n) is 49.4. The number of carbonyl (C=O) groups excluding carboxylic acids is 2. The van der Waals surface area contributed by atoms with Gasteiger partial charge in [-0.15, -0.1) is 5.92 Å². The molecule has 0 aromatic heterocycles. The molecule has 25 heteroatoms. The Morgan fingerprint density at radius 3 is 0.903 bits per heavy atom. The largest absolute Gasteiger partial charge is 0.491 e. The van der Waals surface area contributed by atoms with Crippen molar-refractivity contribution in [3.63, 3.8) is 0 Å². The fourth-order valence-electron chi connectivity index (χ4n) is 15.4. The van der Waals surface area contributed by atoms with Crippen LogP contribution in [0.25, 0.3) is 0 Å². The Hall–Kier alpha value is -11.3. The summed E-state index contributed by atoms with van der Waals surface area (Å²) in [4.78, 5) is 26.8. The number of carbonyl (C=O) groups is 2. The van der Waals surface area contributed by atoms with Gasteiger partial charge in [-0.2, -0.15) is 0 Å². The van der Waals surface area contributed by atoms with Gasteiger partial charge in [0.15, 0.2) is 0 Å². The molecule has 11 rings (SSSR count). The number of ether oxygens (including phenoxy) is 18. The van der Waals surface area contributed by atoms with Crippen molar-refractivity contribution in [2.75, 3.05) is 228 Å². The van der Waals surface area contributed by atoms with Gasteiger partial charge in [-0.1, -0.05) is 198 Å². The highest BCUT2D eigenvalue weighted by atomic mass is 33.1. The molecule has 0 fully saturated rings. The highest BCUT2D eigenvalue weighted by molar-refractivity contribution is 8.76. The summed E-state index contributed by atoms with van der Waals surface area (Å²) < 4.78 is 109. The van der Waals surface area contributed by atoms with E-state index < -0.39 is 14.5 Å². The first kappa shape index (κ1) is 113. The number of ketones is 1. The van der Waals surface area contributed by atoms with E-state index in [1.165, 1.54) is 31.8 Å². The third-order valence-corrected chi connectivity index (χ3v) is 33.7. The van der Waals surface area contributed by atoms with Crippen LogP contribution in [0.2, 0.25) is 0 Å². The first-order chi connectivity index (χ1) is 71.0.